The molecule has 0 bridgehead atoms. The zero-order valence-corrected chi connectivity index (χ0v) is 12.8. The van der Waals surface area contributed by atoms with Crippen LogP contribution in [0.2, 0.25) is 0 Å². The highest BCUT2D eigenvalue weighted by Crippen LogP contribution is 2.23. The zero-order valence-electron chi connectivity index (χ0n) is 12.8. The van der Waals surface area contributed by atoms with Crippen LogP contribution < -0.4 is 4.74 Å². The molecule has 1 rings (SSSR count). The molecule has 0 atom stereocenters. The van der Waals surface area contributed by atoms with E-state index in [1.807, 2.05) is 0 Å². The SMILES string of the molecule is CCCC#CCCc1c(C)cc(OCCC)cc1C. The maximum Gasteiger partial charge on any atom is 0.119 e. The number of hydrogen-bond donors (Lipinski definition) is 0. The summed E-state index contributed by atoms with van der Waals surface area (Å²) in [6, 6.07) is 4.30. The minimum Gasteiger partial charge on any atom is -0.494 e. The van der Waals surface area contributed by atoms with Gasteiger partial charge in [-0.2, -0.15) is 0 Å². The molecule has 0 aromatic heterocycles. The summed E-state index contributed by atoms with van der Waals surface area (Å²) < 4.78 is 5.70. The molecule has 1 aromatic carbocycles. The molecule has 0 amide bonds. The molecule has 0 unspecified atom stereocenters. The second kappa shape index (κ2) is 8.64. The van der Waals surface area contributed by atoms with Gasteiger partial charge < -0.3 is 4.74 Å². The van der Waals surface area contributed by atoms with Crippen LogP contribution in [-0.2, 0) is 6.42 Å². The molecule has 0 N–H and O–H groups in total. The molecule has 0 aliphatic carbocycles. The van der Waals surface area contributed by atoms with Crippen LogP contribution >= 0.6 is 0 Å². The van der Waals surface area contributed by atoms with Crippen molar-refractivity contribution in [3.05, 3.63) is 28.8 Å². The van der Waals surface area contributed by atoms with E-state index in [4.69, 9.17) is 4.74 Å². The van der Waals surface area contributed by atoms with Gasteiger partial charge in [-0.05, 0) is 61.9 Å². The van der Waals surface area contributed by atoms with Crippen LogP contribution in [0.25, 0.3) is 0 Å². The van der Waals surface area contributed by atoms with Gasteiger partial charge in [0.15, 0.2) is 0 Å². The Morgan fingerprint density at radius 1 is 0.947 bits per heavy atom. The lowest BCUT2D eigenvalue weighted by Crippen LogP contribution is -1.99. The average molecular weight is 258 g/mol. The van der Waals surface area contributed by atoms with Crippen molar-refractivity contribution in [2.75, 3.05) is 6.61 Å². The van der Waals surface area contributed by atoms with E-state index in [0.29, 0.717) is 0 Å². The van der Waals surface area contributed by atoms with Crippen molar-refractivity contribution in [2.45, 2.75) is 59.8 Å². The molecule has 1 heteroatoms. The van der Waals surface area contributed by atoms with Gasteiger partial charge in [-0.25, -0.2) is 0 Å². The lowest BCUT2D eigenvalue weighted by atomic mass is 9.98. The maximum absolute atomic E-state index is 5.70. The van der Waals surface area contributed by atoms with E-state index in [9.17, 15) is 0 Å². The van der Waals surface area contributed by atoms with Gasteiger partial charge in [0.1, 0.15) is 5.75 Å². The number of unbranched alkanes of at least 4 members (excludes halogenated alkanes) is 1. The predicted octanol–water partition coefficient (Wildman–Crippen LogP) is 4.83. The summed E-state index contributed by atoms with van der Waals surface area (Å²) in [6.07, 6.45) is 5.21. The number of hydrogen-bond acceptors (Lipinski definition) is 1. The number of aryl methyl sites for hydroxylation is 2. The lowest BCUT2D eigenvalue weighted by Gasteiger charge is -2.12. The Hall–Kier alpha value is -1.42. The Bertz CT molecular complexity index is 425. The summed E-state index contributed by atoms with van der Waals surface area (Å²) in [5.74, 6) is 7.46. The summed E-state index contributed by atoms with van der Waals surface area (Å²) in [7, 11) is 0. The standard InChI is InChI=1S/C18H26O/c1-5-7-8-9-10-11-18-15(3)13-17(14-16(18)4)19-12-6-2/h13-14H,5-7,10-12H2,1-4H3. The first-order valence-corrected chi connectivity index (χ1v) is 7.37. The molecule has 0 fully saturated rings. The number of rotatable bonds is 6. The fourth-order valence-corrected chi connectivity index (χ4v) is 2.14. The Balaban J connectivity index is 2.66. The molecular weight excluding hydrogens is 232 g/mol. The van der Waals surface area contributed by atoms with Crippen molar-refractivity contribution in [2.24, 2.45) is 0 Å². The van der Waals surface area contributed by atoms with E-state index < -0.39 is 0 Å². The summed E-state index contributed by atoms with van der Waals surface area (Å²) in [5, 5.41) is 0. The van der Waals surface area contributed by atoms with Gasteiger partial charge in [0.05, 0.1) is 6.61 Å². The molecule has 19 heavy (non-hydrogen) atoms. The first-order chi connectivity index (χ1) is 9.19. The number of ether oxygens (including phenoxy) is 1. The van der Waals surface area contributed by atoms with Crippen molar-refractivity contribution in [1.82, 2.24) is 0 Å². The highest BCUT2D eigenvalue weighted by atomic mass is 16.5. The van der Waals surface area contributed by atoms with Gasteiger partial charge in [0, 0.05) is 12.8 Å². The third-order valence-corrected chi connectivity index (χ3v) is 3.14. The van der Waals surface area contributed by atoms with E-state index >= 15 is 0 Å². The van der Waals surface area contributed by atoms with Crippen LogP contribution in [0, 0.1) is 25.7 Å². The fourth-order valence-electron chi connectivity index (χ4n) is 2.14. The van der Waals surface area contributed by atoms with E-state index in [2.05, 4.69) is 51.7 Å². The molecule has 1 nitrogen and oxygen atoms in total. The van der Waals surface area contributed by atoms with Crippen molar-refractivity contribution < 1.29 is 4.74 Å². The average Bonchev–Trinajstić information content (AvgIpc) is 2.38. The maximum atomic E-state index is 5.70. The molecular formula is C18H26O. The summed E-state index contributed by atoms with van der Waals surface area (Å²) in [4.78, 5) is 0. The van der Waals surface area contributed by atoms with Crippen LogP contribution in [0.1, 0.15) is 56.2 Å². The fraction of sp³-hybridized carbons (Fsp3) is 0.556. The van der Waals surface area contributed by atoms with Gasteiger partial charge in [0.25, 0.3) is 0 Å². The molecule has 0 heterocycles. The molecule has 0 aliphatic rings. The normalized spacial score (nSPS) is 9.89. The predicted molar refractivity (Wildman–Crippen MR) is 82.7 cm³/mol. The highest BCUT2D eigenvalue weighted by Gasteiger charge is 2.05. The van der Waals surface area contributed by atoms with Crippen molar-refractivity contribution in [3.8, 4) is 17.6 Å². The van der Waals surface area contributed by atoms with Gasteiger partial charge in [-0.1, -0.05) is 13.8 Å². The topological polar surface area (TPSA) is 9.23 Å². The van der Waals surface area contributed by atoms with Crippen LogP contribution in [0.3, 0.4) is 0 Å². The smallest absolute Gasteiger partial charge is 0.119 e. The second-order valence-corrected chi connectivity index (χ2v) is 4.99. The Kier molecular flexibility index (Phi) is 7.11. The van der Waals surface area contributed by atoms with Crippen molar-refractivity contribution in [3.63, 3.8) is 0 Å². The third kappa shape index (κ3) is 5.39. The van der Waals surface area contributed by atoms with E-state index in [1.54, 1.807) is 0 Å². The van der Waals surface area contributed by atoms with E-state index in [1.165, 1.54) is 16.7 Å². The monoisotopic (exact) mass is 258 g/mol. The van der Waals surface area contributed by atoms with Gasteiger partial charge in [-0.3, -0.25) is 0 Å². The van der Waals surface area contributed by atoms with E-state index in [0.717, 1.165) is 44.5 Å². The molecule has 0 spiro atoms. The van der Waals surface area contributed by atoms with E-state index in [-0.39, 0.29) is 0 Å². The van der Waals surface area contributed by atoms with Gasteiger partial charge in [-0.15, -0.1) is 11.8 Å². The Morgan fingerprint density at radius 2 is 1.58 bits per heavy atom. The second-order valence-electron chi connectivity index (χ2n) is 4.99. The lowest BCUT2D eigenvalue weighted by molar-refractivity contribution is 0.317. The molecule has 0 saturated heterocycles. The molecule has 0 radical (unpaired) electrons. The Morgan fingerprint density at radius 3 is 2.16 bits per heavy atom. The first kappa shape index (κ1) is 15.6. The minimum atomic E-state index is 0.792. The van der Waals surface area contributed by atoms with Crippen LogP contribution in [-0.4, -0.2) is 6.61 Å². The van der Waals surface area contributed by atoms with Crippen LogP contribution in [0.5, 0.6) is 5.75 Å². The molecule has 0 aliphatic heterocycles. The molecule has 1 aromatic rings. The minimum absolute atomic E-state index is 0.792. The van der Waals surface area contributed by atoms with Crippen molar-refractivity contribution >= 4 is 0 Å². The van der Waals surface area contributed by atoms with Gasteiger partial charge >= 0.3 is 0 Å². The van der Waals surface area contributed by atoms with Crippen molar-refractivity contribution in [1.29, 1.82) is 0 Å². The number of benzene rings is 1. The quantitative estimate of drug-likeness (QED) is 0.664. The summed E-state index contributed by atoms with van der Waals surface area (Å²) in [6.45, 7) is 9.42. The first-order valence-electron chi connectivity index (χ1n) is 7.37. The highest BCUT2D eigenvalue weighted by molar-refractivity contribution is 5.41. The third-order valence-electron chi connectivity index (χ3n) is 3.14. The summed E-state index contributed by atoms with van der Waals surface area (Å²) >= 11 is 0. The largest absolute Gasteiger partial charge is 0.494 e. The van der Waals surface area contributed by atoms with Crippen LogP contribution in [0.4, 0.5) is 0 Å². The molecule has 104 valence electrons. The summed E-state index contributed by atoms with van der Waals surface area (Å²) in [5.41, 5.74) is 4.07. The van der Waals surface area contributed by atoms with Crippen LogP contribution in [0.15, 0.2) is 12.1 Å². The Labute approximate surface area is 118 Å². The zero-order chi connectivity index (χ0) is 14.1. The van der Waals surface area contributed by atoms with Gasteiger partial charge in [0.2, 0.25) is 0 Å². The molecule has 0 saturated carbocycles.